The highest BCUT2D eigenvalue weighted by Gasteiger charge is 2.30. The largest absolute Gasteiger partial charge is 0.374 e. The summed E-state index contributed by atoms with van der Waals surface area (Å²) in [5, 5.41) is 0.992. The number of para-hydroxylation sites is 1. The second kappa shape index (κ2) is 5.98. The van der Waals surface area contributed by atoms with Crippen LogP contribution in [0.1, 0.15) is 11.1 Å². The minimum Gasteiger partial charge on any atom is -0.374 e. The molecule has 27 heavy (non-hydrogen) atoms. The number of nitrogens with zero attached hydrogens (tertiary/aromatic N) is 4. The summed E-state index contributed by atoms with van der Waals surface area (Å²) in [4.78, 5) is 23.7. The van der Waals surface area contributed by atoms with Crippen LogP contribution in [0.5, 0.6) is 0 Å². The first-order valence-corrected chi connectivity index (χ1v) is 9.39. The van der Waals surface area contributed by atoms with Gasteiger partial charge in [-0.25, -0.2) is 4.79 Å². The quantitative estimate of drug-likeness (QED) is 0.663. The Labute approximate surface area is 158 Å². The molecule has 0 saturated carbocycles. The molecule has 2 aliphatic rings. The van der Waals surface area contributed by atoms with Crippen molar-refractivity contribution >= 4 is 34.0 Å². The van der Waals surface area contributed by atoms with E-state index in [0.717, 1.165) is 48.2 Å². The number of aromatic nitrogens is 1. The van der Waals surface area contributed by atoms with Gasteiger partial charge in [-0.3, -0.25) is 14.8 Å². The van der Waals surface area contributed by atoms with Crippen LogP contribution in [0.3, 0.4) is 0 Å². The van der Waals surface area contributed by atoms with E-state index in [1.807, 2.05) is 42.3 Å². The molecule has 5 heteroatoms. The summed E-state index contributed by atoms with van der Waals surface area (Å²) in [6, 6.07) is 14.4. The molecular formula is C22H22N4O. The Bertz CT molecular complexity index is 1060. The zero-order valence-corrected chi connectivity index (χ0v) is 15.6. The number of fused-ring (bicyclic) bond motifs is 3. The molecule has 1 aromatic heterocycles. The topological polar surface area (TPSA) is 39.7 Å². The molecule has 2 amide bonds. The lowest BCUT2D eigenvalue weighted by atomic mass is 10.1. The van der Waals surface area contributed by atoms with Crippen molar-refractivity contribution in [3.63, 3.8) is 0 Å². The van der Waals surface area contributed by atoms with Gasteiger partial charge in [-0.1, -0.05) is 18.2 Å². The Kier molecular flexibility index (Phi) is 3.57. The molecule has 2 aromatic carbocycles. The summed E-state index contributed by atoms with van der Waals surface area (Å²) in [5.74, 6) is 0. The molecule has 0 bridgehead atoms. The van der Waals surface area contributed by atoms with Crippen molar-refractivity contribution in [1.29, 1.82) is 0 Å². The average Bonchev–Trinajstić information content (AvgIpc) is 3.28. The minimum atomic E-state index is 0.0106. The van der Waals surface area contributed by atoms with Crippen molar-refractivity contribution in [3.8, 4) is 0 Å². The number of carbonyl (C=O) groups excluding carboxylic acids is 1. The predicted molar refractivity (Wildman–Crippen MR) is 110 cm³/mol. The molecule has 0 N–H and O–H groups in total. The number of rotatable bonds is 1. The first-order chi connectivity index (χ1) is 13.1. The van der Waals surface area contributed by atoms with Crippen LogP contribution in [-0.2, 0) is 12.8 Å². The van der Waals surface area contributed by atoms with Crippen LogP contribution < -0.4 is 14.7 Å². The molecule has 0 fully saturated rings. The maximum absolute atomic E-state index is 13.3. The number of carbonyl (C=O) groups is 1. The maximum atomic E-state index is 13.3. The summed E-state index contributed by atoms with van der Waals surface area (Å²) in [6.07, 6.45) is 3.72. The first kappa shape index (κ1) is 16.1. The van der Waals surface area contributed by atoms with Gasteiger partial charge >= 0.3 is 6.03 Å². The second-order valence-corrected chi connectivity index (χ2v) is 7.37. The highest BCUT2D eigenvalue weighted by molar-refractivity contribution is 6.09. The van der Waals surface area contributed by atoms with Crippen molar-refractivity contribution in [3.05, 3.63) is 59.8 Å². The second-order valence-electron chi connectivity index (χ2n) is 7.37. The molecule has 0 unspecified atom stereocenters. The average molecular weight is 358 g/mol. The fourth-order valence-corrected chi connectivity index (χ4v) is 4.29. The third-order valence-corrected chi connectivity index (χ3v) is 5.81. The van der Waals surface area contributed by atoms with Crippen LogP contribution in [-0.4, -0.2) is 38.2 Å². The Balaban J connectivity index is 1.51. The van der Waals surface area contributed by atoms with Crippen LogP contribution in [0.15, 0.2) is 48.7 Å². The third-order valence-electron chi connectivity index (χ3n) is 5.81. The number of likely N-dealkylation sites (N-methyl/N-ethyl adjacent to an activating group) is 1. The number of hydrogen-bond acceptors (Lipinski definition) is 3. The number of pyridine rings is 1. The highest BCUT2D eigenvalue weighted by Crippen LogP contribution is 2.38. The van der Waals surface area contributed by atoms with Crippen LogP contribution >= 0.6 is 0 Å². The van der Waals surface area contributed by atoms with Gasteiger partial charge in [0.25, 0.3) is 0 Å². The van der Waals surface area contributed by atoms with E-state index >= 15 is 0 Å². The molecule has 5 nitrogen and oxygen atoms in total. The van der Waals surface area contributed by atoms with Gasteiger partial charge in [0.05, 0.1) is 11.2 Å². The van der Waals surface area contributed by atoms with Gasteiger partial charge in [0.1, 0.15) is 0 Å². The zero-order chi connectivity index (χ0) is 18.5. The fourth-order valence-electron chi connectivity index (χ4n) is 4.29. The molecule has 2 aliphatic heterocycles. The monoisotopic (exact) mass is 358 g/mol. The smallest absolute Gasteiger partial charge is 0.328 e. The van der Waals surface area contributed by atoms with Crippen LogP contribution in [0.4, 0.5) is 21.9 Å². The Morgan fingerprint density at radius 2 is 1.78 bits per heavy atom. The fraction of sp³-hybridized carbons (Fsp3) is 0.273. The van der Waals surface area contributed by atoms with Gasteiger partial charge in [0, 0.05) is 50.1 Å². The molecule has 0 spiro atoms. The lowest BCUT2D eigenvalue weighted by Crippen LogP contribution is -2.40. The number of amides is 2. The number of hydrogen-bond donors (Lipinski definition) is 0. The Morgan fingerprint density at radius 1 is 1.04 bits per heavy atom. The van der Waals surface area contributed by atoms with Gasteiger partial charge in [0.2, 0.25) is 0 Å². The Hall–Kier alpha value is -3.08. The summed E-state index contributed by atoms with van der Waals surface area (Å²) in [6.45, 7) is 1.78. The standard InChI is InChI=1S/C22H22N4O/c1-24-11-8-15-14-21-16(13-20(15)24)9-12-26(21)22(27)25(2)19-7-10-23-18-6-4-3-5-17(18)19/h3-7,10,13-14H,8-9,11-12H2,1-2H3. The summed E-state index contributed by atoms with van der Waals surface area (Å²) in [7, 11) is 3.99. The summed E-state index contributed by atoms with van der Waals surface area (Å²) >= 11 is 0. The lowest BCUT2D eigenvalue weighted by Gasteiger charge is -2.26. The van der Waals surface area contributed by atoms with E-state index in [9.17, 15) is 4.79 Å². The van der Waals surface area contributed by atoms with Crippen molar-refractivity contribution in [2.75, 3.05) is 41.9 Å². The van der Waals surface area contributed by atoms with Gasteiger partial charge in [-0.2, -0.15) is 0 Å². The first-order valence-electron chi connectivity index (χ1n) is 9.39. The van der Waals surface area contributed by atoms with E-state index < -0.39 is 0 Å². The van der Waals surface area contributed by atoms with E-state index in [4.69, 9.17) is 0 Å². The van der Waals surface area contributed by atoms with Gasteiger partial charge in [-0.15, -0.1) is 0 Å². The van der Waals surface area contributed by atoms with Gasteiger partial charge in [0.15, 0.2) is 0 Å². The summed E-state index contributed by atoms with van der Waals surface area (Å²) in [5.41, 5.74) is 6.78. The summed E-state index contributed by atoms with van der Waals surface area (Å²) < 4.78 is 0. The number of anilines is 3. The maximum Gasteiger partial charge on any atom is 0.328 e. The Morgan fingerprint density at radius 3 is 2.67 bits per heavy atom. The van der Waals surface area contributed by atoms with Crippen molar-refractivity contribution in [1.82, 2.24) is 4.98 Å². The number of urea groups is 1. The van der Waals surface area contributed by atoms with Crippen LogP contribution in [0.25, 0.3) is 10.9 Å². The SMILES string of the molecule is CN1CCc2cc3c(cc21)CCN3C(=O)N(C)c1ccnc2ccccc12. The molecule has 5 rings (SSSR count). The van der Waals surface area contributed by atoms with E-state index in [1.165, 1.54) is 16.8 Å². The van der Waals surface area contributed by atoms with Gasteiger partial charge < -0.3 is 4.90 Å². The minimum absolute atomic E-state index is 0.0106. The molecule has 3 heterocycles. The van der Waals surface area contributed by atoms with E-state index in [-0.39, 0.29) is 6.03 Å². The predicted octanol–water partition coefficient (Wildman–Crippen LogP) is 3.85. The van der Waals surface area contributed by atoms with E-state index in [0.29, 0.717) is 0 Å². The number of benzene rings is 2. The molecule has 0 saturated heterocycles. The van der Waals surface area contributed by atoms with Crippen molar-refractivity contribution < 1.29 is 4.79 Å². The normalized spacial score (nSPS) is 15.2. The van der Waals surface area contributed by atoms with Crippen LogP contribution in [0, 0.1) is 0 Å². The molecule has 136 valence electrons. The highest BCUT2D eigenvalue weighted by atomic mass is 16.2. The van der Waals surface area contributed by atoms with Crippen LogP contribution in [0.2, 0.25) is 0 Å². The molecule has 3 aromatic rings. The molecule has 0 atom stereocenters. The van der Waals surface area contributed by atoms with E-state index in [2.05, 4.69) is 29.1 Å². The molecule has 0 radical (unpaired) electrons. The zero-order valence-electron chi connectivity index (χ0n) is 15.6. The third kappa shape index (κ3) is 2.46. The van der Waals surface area contributed by atoms with Crippen molar-refractivity contribution in [2.45, 2.75) is 12.8 Å². The molecule has 0 aliphatic carbocycles. The van der Waals surface area contributed by atoms with Gasteiger partial charge in [-0.05, 0) is 48.2 Å². The lowest BCUT2D eigenvalue weighted by molar-refractivity contribution is 0.253. The molecular weight excluding hydrogens is 336 g/mol. The van der Waals surface area contributed by atoms with Crippen molar-refractivity contribution in [2.24, 2.45) is 0 Å². The van der Waals surface area contributed by atoms with E-state index in [1.54, 1.807) is 11.1 Å².